The zero-order valence-corrected chi connectivity index (χ0v) is 11.4. The minimum atomic E-state index is 0.488. The van der Waals surface area contributed by atoms with Crippen molar-refractivity contribution in [3.05, 3.63) is 33.8 Å². The van der Waals surface area contributed by atoms with Gasteiger partial charge in [-0.1, -0.05) is 41.8 Å². The molecule has 84 valence electrons. The first kappa shape index (κ1) is 12.7. The maximum atomic E-state index is 3.53. The molecule has 0 amide bonds. The minimum absolute atomic E-state index is 0.488. The first-order valence-corrected chi connectivity index (χ1v) is 6.41. The van der Waals surface area contributed by atoms with E-state index in [1.807, 2.05) is 7.05 Å². The number of hydrogen-bond acceptors (Lipinski definition) is 1. The Morgan fingerprint density at radius 2 is 2.13 bits per heavy atom. The lowest BCUT2D eigenvalue weighted by molar-refractivity contribution is 0.520. The highest BCUT2D eigenvalue weighted by Gasteiger charge is 2.11. The van der Waals surface area contributed by atoms with E-state index in [4.69, 9.17) is 0 Å². The van der Waals surface area contributed by atoms with Gasteiger partial charge < -0.3 is 5.32 Å². The Morgan fingerprint density at radius 1 is 1.40 bits per heavy atom. The lowest BCUT2D eigenvalue weighted by atomic mass is 9.97. The first-order chi connectivity index (χ1) is 7.19. The van der Waals surface area contributed by atoms with E-state index < -0.39 is 0 Å². The summed E-state index contributed by atoms with van der Waals surface area (Å²) in [7, 11) is 2.04. The number of unbranched alkanes of at least 4 members (excludes halogenated alkanes) is 1. The van der Waals surface area contributed by atoms with Crippen molar-refractivity contribution < 1.29 is 0 Å². The molecule has 0 heterocycles. The van der Waals surface area contributed by atoms with Crippen molar-refractivity contribution in [1.29, 1.82) is 0 Å². The highest BCUT2D eigenvalue weighted by molar-refractivity contribution is 9.10. The van der Waals surface area contributed by atoms with Gasteiger partial charge in [0.05, 0.1) is 0 Å². The molecular weight excluding hydrogens is 250 g/mol. The Labute approximate surface area is 101 Å². The molecule has 1 unspecified atom stereocenters. The highest BCUT2D eigenvalue weighted by atomic mass is 79.9. The predicted molar refractivity (Wildman–Crippen MR) is 70.2 cm³/mol. The van der Waals surface area contributed by atoms with Crippen LogP contribution in [0.4, 0.5) is 0 Å². The summed E-state index contributed by atoms with van der Waals surface area (Å²) in [6.07, 6.45) is 3.74. The van der Waals surface area contributed by atoms with Crippen molar-refractivity contribution in [2.75, 3.05) is 7.05 Å². The van der Waals surface area contributed by atoms with Gasteiger partial charge in [0.15, 0.2) is 0 Å². The molecule has 0 bridgehead atoms. The maximum absolute atomic E-state index is 3.53. The second-order valence-corrected chi connectivity index (χ2v) is 4.90. The van der Waals surface area contributed by atoms with Crippen LogP contribution in [0.1, 0.15) is 43.4 Å². The van der Waals surface area contributed by atoms with Gasteiger partial charge >= 0.3 is 0 Å². The van der Waals surface area contributed by atoms with Crippen molar-refractivity contribution in [3.63, 3.8) is 0 Å². The SMILES string of the molecule is CCCCC(NC)c1cc(Br)ccc1C. The summed E-state index contributed by atoms with van der Waals surface area (Å²) in [4.78, 5) is 0. The van der Waals surface area contributed by atoms with Gasteiger partial charge in [0.1, 0.15) is 0 Å². The van der Waals surface area contributed by atoms with E-state index in [2.05, 4.69) is 53.3 Å². The van der Waals surface area contributed by atoms with Crippen molar-refractivity contribution in [2.24, 2.45) is 0 Å². The summed E-state index contributed by atoms with van der Waals surface area (Å²) in [5.74, 6) is 0. The number of aryl methyl sites for hydroxylation is 1. The smallest absolute Gasteiger partial charge is 0.0320 e. The topological polar surface area (TPSA) is 12.0 Å². The first-order valence-electron chi connectivity index (χ1n) is 5.62. The van der Waals surface area contributed by atoms with Crippen LogP contribution in [0.3, 0.4) is 0 Å². The summed E-state index contributed by atoms with van der Waals surface area (Å²) in [5, 5.41) is 3.40. The molecule has 1 rings (SSSR count). The van der Waals surface area contributed by atoms with E-state index >= 15 is 0 Å². The summed E-state index contributed by atoms with van der Waals surface area (Å²) >= 11 is 3.53. The van der Waals surface area contributed by atoms with Crippen LogP contribution in [0.2, 0.25) is 0 Å². The average Bonchev–Trinajstić information content (AvgIpc) is 2.24. The van der Waals surface area contributed by atoms with Gasteiger partial charge in [0.25, 0.3) is 0 Å². The van der Waals surface area contributed by atoms with Gasteiger partial charge in [-0.15, -0.1) is 0 Å². The second-order valence-electron chi connectivity index (χ2n) is 3.98. The van der Waals surface area contributed by atoms with Gasteiger partial charge in [-0.25, -0.2) is 0 Å². The Morgan fingerprint density at radius 3 is 2.73 bits per heavy atom. The van der Waals surface area contributed by atoms with Crippen molar-refractivity contribution >= 4 is 15.9 Å². The minimum Gasteiger partial charge on any atom is -0.313 e. The molecule has 15 heavy (non-hydrogen) atoms. The maximum Gasteiger partial charge on any atom is 0.0320 e. The third kappa shape index (κ3) is 3.62. The largest absolute Gasteiger partial charge is 0.313 e. The molecule has 1 atom stereocenters. The van der Waals surface area contributed by atoms with Crippen LogP contribution in [0.25, 0.3) is 0 Å². The summed E-state index contributed by atoms with van der Waals surface area (Å²) in [6, 6.07) is 7.00. The van der Waals surface area contributed by atoms with Gasteiger partial charge in [0, 0.05) is 10.5 Å². The predicted octanol–water partition coefficient (Wildman–Crippen LogP) is 4.21. The quantitative estimate of drug-likeness (QED) is 0.845. The number of halogens is 1. The van der Waals surface area contributed by atoms with Crippen LogP contribution >= 0.6 is 15.9 Å². The van der Waals surface area contributed by atoms with E-state index in [0.29, 0.717) is 6.04 Å². The number of hydrogen-bond donors (Lipinski definition) is 1. The van der Waals surface area contributed by atoms with Gasteiger partial charge in [-0.3, -0.25) is 0 Å². The molecule has 0 saturated heterocycles. The number of benzene rings is 1. The van der Waals surface area contributed by atoms with Crippen LogP contribution in [0.15, 0.2) is 22.7 Å². The molecule has 0 aliphatic heterocycles. The molecule has 2 heteroatoms. The molecule has 0 spiro atoms. The molecule has 1 nitrogen and oxygen atoms in total. The third-order valence-corrected chi connectivity index (χ3v) is 3.30. The van der Waals surface area contributed by atoms with E-state index in [-0.39, 0.29) is 0 Å². The summed E-state index contributed by atoms with van der Waals surface area (Å²) in [5.41, 5.74) is 2.79. The van der Waals surface area contributed by atoms with Crippen molar-refractivity contribution in [2.45, 2.75) is 39.2 Å². The molecule has 0 saturated carbocycles. The van der Waals surface area contributed by atoms with Crippen LogP contribution in [0, 0.1) is 6.92 Å². The Kier molecular flexibility index (Phi) is 5.34. The van der Waals surface area contributed by atoms with Gasteiger partial charge in [-0.2, -0.15) is 0 Å². The van der Waals surface area contributed by atoms with E-state index in [0.717, 1.165) is 0 Å². The lowest BCUT2D eigenvalue weighted by Gasteiger charge is -2.18. The molecule has 1 aromatic rings. The van der Waals surface area contributed by atoms with E-state index in [1.54, 1.807) is 0 Å². The molecule has 1 N–H and O–H groups in total. The Bertz CT molecular complexity index is 309. The van der Waals surface area contributed by atoms with Gasteiger partial charge in [0.2, 0.25) is 0 Å². The molecule has 0 radical (unpaired) electrons. The van der Waals surface area contributed by atoms with E-state index in [9.17, 15) is 0 Å². The highest BCUT2D eigenvalue weighted by Crippen LogP contribution is 2.25. The molecule has 0 aromatic heterocycles. The van der Waals surface area contributed by atoms with Crippen molar-refractivity contribution in [3.8, 4) is 0 Å². The number of rotatable bonds is 5. The molecule has 1 aromatic carbocycles. The van der Waals surface area contributed by atoms with Gasteiger partial charge in [-0.05, 0) is 43.7 Å². The molecule has 0 fully saturated rings. The Balaban J connectivity index is 2.85. The third-order valence-electron chi connectivity index (χ3n) is 2.81. The van der Waals surface area contributed by atoms with E-state index in [1.165, 1.54) is 34.9 Å². The fourth-order valence-electron chi connectivity index (χ4n) is 1.85. The van der Waals surface area contributed by atoms with Crippen LogP contribution in [0.5, 0.6) is 0 Å². The fraction of sp³-hybridized carbons (Fsp3) is 0.538. The number of nitrogens with one attached hydrogen (secondary N) is 1. The van der Waals surface area contributed by atoms with Crippen molar-refractivity contribution in [1.82, 2.24) is 5.32 Å². The molecule has 0 aliphatic carbocycles. The second kappa shape index (κ2) is 6.29. The zero-order valence-electron chi connectivity index (χ0n) is 9.81. The Hall–Kier alpha value is -0.340. The fourth-order valence-corrected chi connectivity index (χ4v) is 2.23. The van der Waals surface area contributed by atoms with Crippen LogP contribution < -0.4 is 5.32 Å². The zero-order chi connectivity index (χ0) is 11.3. The molecular formula is C13H20BrN. The molecule has 0 aliphatic rings. The normalized spacial score (nSPS) is 12.8. The summed E-state index contributed by atoms with van der Waals surface area (Å²) in [6.45, 7) is 4.42. The van der Waals surface area contributed by atoms with Crippen LogP contribution in [-0.4, -0.2) is 7.05 Å². The lowest BCUT2D eigenvalue weighted by Crippen LogP contribution is -2.17. The average molecular weight is 270 g/mol. The van der Waals surface area contributed by atoms with Crippen LogP contribution in [-0.2, 0) is 0 Å². The standard InChI is InChI=1S/C13H20BrN/c1-4-5-6-13(15-3)12-9-11(14)8-7-10(12)2/h7-9,13,15H,4-6H2,1-3H3. The monoisotopic (exact) mass is 269 g/mol. The summed E-state index contributed by atoms with van der Waals surface area (Å²) < 4.78 is 1.17.